The fourth-order valence-corrected chi connectivity index (χ4v) is 6.40. The normalized spacial score (nSPS) is 15.7. The highest BCUT2D eigenvalue weighted by atomic mass is 16.5. The summed E-state index contributed by atoms with van der Waals surface area (Å²) in [7, 11) is 3.75. The van der Waals surface area contributed by atoms with Crippen LogP contribution in [0.25, 0.3) is 21.8 Å². The Labute approximate surface area is 274 Å². The molecule has 4 heterocycles. The van der Waals surface area contributed by atoms with Crippen LogP contribution in [0.3, 0.4) is 0 Å². The molecule has 2 N–H and O–H groups in total. The highest BCUT2D eigenvalue weighted by Gasteiger charge is 2.12. The zero-order chi connectivity index (χ0) is 32.1. The minimum Gasteiger partial charge on any atom is -0.493 e. The van der Waals surface area contributed by atoms with Gasteiger partial charge in [0.1, 0.15) is 35.8 Å². The molecule has 0 atom stereocenters. The Bertz CT molecular complexity index is 1540. The van der Waals surface area contributed by atoms with Crippen molar-refractivity contribution in [1.82, 2.24) is 29.7 Å². The zero-order valence-electron chi connectivity index (χ0n) is 28.3. The molecule has 46 heavy (non-hydrogen) atoms. The summed E-state index contributed by atoms with van der Waals surface area (Å²) in [5, 5.41) is 8.26. The van der Waals surface area contributed by atoms with E-state index in [-0.39, 0.29) is 0 Å². The van der Waals surface area contributed by atoms with Gasteiger partial charge >= 0.3 is 0 Å². The third-order valence-corrected chi connectivity index (χ3v) is 8.99. The van der Waals surface area contributed by atoms with Crippen LogP contribution in [0.5, 0.6) is 11.5 Å². The van der Waals surface area contributed by atoms with Crippen LogP contribution in [0.1, 0.15) is 62.5 Å². The Morgan fingerprint density at radius 2 is 1.04 bits per heavy atom. The van der Waals surface area contributed by atoms with Gasteiger partial charge in [-0.1, -0.05) is 12.8 Å². The van der Waals surface area contributed by atoms with Gasteiger partial charge in [-0.05, 0) is 108 Å². The van der Waals surface area contributed by atoms with Crippen LogP contribution in [-0.4, -0.2) is 96.3 Å². The number of aromatic nitrogens is 4. The zero-order valence-corrected chi connectivity index (χ0v) is 28.3. The molecular weight excluding hydrogens is 576 g/mol. The third kappa shape index (κ3) is 9.16. The van der Waals surface area contributed by atoms with Crippen molar-refractivity contribution in [3.63, 3.8) is 0 Å². The Kier molecular flexibility index (Phi) is 12.6. The summed E-state index contributed by atoms with van der Waals surface area (Å²) in [4.78, 5) is 22.3. The Morgan fingerprint density at radius 1 is 0.587 bits per heavy atom. The number of aryl methyl sites for hydroxylation is 2. The van der Waals surface area contributed by atoms with Gasteiger partial charge in [-0.25, -0.2) is 19.9 Å². The molecule has 0 bridgehead atoms. The van der Waals surface area contributed by atoms with Gasteiger partial charge in [-0.3, -0.25) is 0 Å². The predicted octanol–water partition coefficient (Wildman–Crippen LogP) is 6.47. The maximum atomic E-state index is 6.03. The average molecular weight is 629 g/mol. The molecule has 2 aromatic carbocycles. The van der Waals surface area contributed by atoms with Gasteiger partial charge in [-0.2, -0.15) is 0 Å². The second-order valence-corrected chi connectivity index (χ2v) is 12.4. The van der Waals surface area contributed by atoms with E-state index in [2.05, 4.69) is 72.4 Å². The summed E-state index contributed by atoms with van der Waals surface area (Å²) < 4.78 is 12.0. The number of benzene rings is 2. The topological polar surface area (TPSA) is 101 Å². The molecule has 2 aliphatic heterocycles. The first-order valence-electron chi connectivity index (χ1n) is 17.1. The van der Waals surface area contributed by atoms with Crippen LogP contribution in [-0.2, 0) is 0 Å². The number of piperidine rings is 2. The first-order valence-corrected chi connectivity index (χ1v) is 17.1. The van der Waals surface area contributed by atoms with E-state index in [0.717, 1.165) is 95.2 Å². The fourth-order valence-electron chi connectivity index (χ4n) is 6.40. The van der Waals surface area contributed by atoms with E-state index < -0.39 is 0 Å². The number of nitrogens with zero attached hydrogens (tertiary/aromatic N) is 6. The SMILES string of the molecule is CNc1ncnc2cc(C)c(OCCCN3CCCCC3)cc12.CNc1ncnc2cc(OCCCN3CCCCC3)c(C)cc12. The molecule has 2 fully saturated rings. The number of hydrogen-bond acceptors (Lipinski definition) is 10. The molecule has 0 unspecified atom stereocenters. The molecule has 0 amide bonds. The maximum absolute atomic E-state index is 6.03. The maximum Gasteiger partial charge on any atom is 0.137 e. The minimum absolute atomic E-state index is 0.755. The summed E-state index contributed by atoms with van der Waals surface area (Å²) in [5.41, 5.74) is 4.11. The van der Waals surface area contributed by atoms with E-state index in [0.29, 0.717) is 0 Å². The van der Waals surface area contributed by atoms with Crippen LogP contribution < -0.4 is 20.1 Å². The lowest BCUT2D eigenvalue weighted by atomic mass is 10.1. The van der Waals surface area contributed by atoms with Crippen LogP contribution >= 0.6 is 0 Å². The van der Waals surface area contributed by atoms with E-state index in [9.17, 15) is 0 Å². The van der Waals surface area contributed by atoms with E-state index in [4.69, 9.17) is 9.47 Å². The van der Waals surface area contributed by atoms with E-state index in [1.165, 1.54) is 64.7 Å². The number of hydrogen-bond donors (Lipinski definition) is 2. The molecule has 0 spiro atoms. The first-order chi connectivity index (χ1) is 22.6. The molecule has 2 aliphatic rings. The lowest BCUT2D eigenvalue weighted by Gasteiger charge is -2.26. The summed E-state index contributed by atoms with van der Waals surface area (Å²) in [6.07, 6.45) is 13.5. The van der Waals surface area contributed by atoms with Crippen molar-refractivity contribution in [1.29, 1.82) is 0 Å². The number of likely N-dealkylation sites (tertiary alicyclic amines) is 2. The lowest BCUT2D eigenvalue weighted by Crippen LogP contribution is -2.31. The van der Waals surface area contributed by atoms with E-state index in [1.54, 1.807) is 12.7 Å². The summed E-state index contributed by atoms with van der Waals surface area (Å²) in [6.45, 7) is 12.9. The van der Waals surface area contributed by atoms with Crippen molar-refractivity contribution < 1.29 is 9.47 Å². The minimum atomic E-state index is 0.755. The van der Waals surface area contributed by atoms with Crippen LogP contribution in [0, 0.1) is 13.8 Å². The van der Waals surface area contributed by atoms with Crippen LogP contribution in [0.2, 0.25) is 0 Å². The number of rotatable bonds is 12. The Hall–Kier alpha value is -3.76. The van der Waals surface area contributed by atoms with Gasteiger partial charge in [0.05, 0.1) is 24.2 Å². The summed E-state index contributed by atoms with van der Waals surface area (Å²) >= 11 is 0. The molecule has 248 valence electrons. The highest BCUT2D eigenvalue weighted by molar-refractivity contribution is 5.91. The van der Waals surface area contributed by atoms with Gasteiger partial charge in [0.2, 0.25) is 0 Å². The second-order valence-electron chi connectivity index (χ2n) is 12.4. The van der Waals surface area contributed by atoms with E-state index in [1.807, 2.05) is 20.2 Å². The van der Waals surface area contributed by atoms with Gasteiger partial charge < -0.3 is 29.9 Å². The second kappa shape index (κ2) is 17.2. The number of ether oxygens (including phenoxy) is 2. The standard InChI is InChI=1S/2C18H26N4O/c1-14-11-16-15(18(19-2)21-13-20-16)12-17(14)23-10-6-9-22-7-4-3-5-8-22;1-14-11-15-16(20-13-21-18(15)19-2)12-17(14)23-10-6-9-22-7-4-3-5-8-22/h2*11-13H,3-10H2,1-2H3,(H,19,20,21). The quantitative estimate of drug-likeness (QED) is 0.170. The van der Waals surface area contributed by atoms with Crippen molar-refractivity contribution in [2.45, 2.75) is 65.2 Å². The molecular formula is C36H52N8O2. The van der Waals surface area contributed by atoms with Gasteiger partial charge in [0, 0.05) is 44.0 Å². The van der Waals surface area contributed by atoms with Crippen molar-refractivity contribution >= 4 is 33.4 Å². The largest absolute Gasteiger partial charge is 0.493 e. The molecule has 2 aromatic heterocycles. The first kappa shape index (κ1) is 33.6. The smallest absolute Gasteiger partial charge is 0.137 e. The van der Waals surface area contributed by atoms with Crippen molar-refractivity contribution in [2.24, 2.45) is 0 Å². The highest BCUT2D eigenvalue weighted by Crippen LogP contribution is 2.29. The third-order valence-electron chi connectivity index (χ3n) is 8.99. The molecule has 0 aliphatic carbocycles. The van der Waals surface area contributed by atoms with Gasteiger partial charge in [0.15, 0.2) is 0 Å². The molecule has 0 saturated carbocycles. The molecule has 10 nitrogen and oxygen atoms in total. The molecule has 4 aromatic rings. The monoisotopic (exact) mass is 628 g/mol. The van der Waals surface area contributed by atoms with Crippen molar-refractivity contribution in [2.75, 3.05) is 77.2 Å². The van der Waals surface area contributed by atoms with Crippen molar-refractivity contribution in [3.05, 3.63) is 48.0 Å². The van der Waals surface area contributed by atoms with Crippen LogP contribution in [0.4, 0.5) is 11.6 Å². The number of nitrogens with one attached hydrogen (secondary N) is 2. The number of fused-ring (bicyclic) bond motifs is 2. The Balaban J connectivity index is 0.000000181. The molecule has 0 radical (unpaired) electrons. The summed E-state index contributed by atoms with van der Waals surface area (Å²) in [6, 6.07) is 8.24. The lowest BCUT2D eigenvalue weighted by molar-refractivity contribution is 0.204. The molecule has 2 saturated heterocycles. The average Bonchev–Trinajstić information content (AvgIpc) is 3.09. The molecule has 10 heteroatoms. The summed E-state index contributed by atoms with van der Waals surface area (Å²) in [5.74, 6) is 3.56. The van der Waals surface area contributed by atoms with Gasteiger partial charge in [0.25, 0.3) is 0 Å². The number of anilines is 2. The Morgan fingerprint density at radius 3 is 1.57 bits per heavy atom. The predicted molar refractivity (Wildman–Crippen MR) is 188 cm³/mol. The van der Waals surface area contributed by atoms with Crippen molar-refractivity contribution in [3.8, 4) is 11.5 Å². The van der Waals surface area contributed by atoms with Gasteiger partial charge in [-0.15, -0.1) is 0 Å². The molecule has 6 rings (SSSR count). The van der Waals surface area contributed by atoms with Crippen LogP contribution in [0.15, 0.2) is 36.9 Å². The van der Waals surface area contributed by atoms with E-state index >= 15 is 0 Å². The fraction of sp³-hybridized carbons (Fsp3) is 0.556.